The van der Waals surface area contributed by atoms with Gasteiger partial charge < -0.3 is 14.4 Å². The Labute approximate surface area is 122 Å². The van der Waals surface area contributed by atoms with E-state index in [4.69, 9.17) is 9.47 Å². The fraction of sp³-hybridized carbons (Fsp3) is 0.500. The van der Waals surface area contributed by atoms with Crippen molar-refractivity contribution in [1.82, 2.24) is 4.90 Å². The van der Waals surface area contributed by atoms with E-state index in [0.717, 1.165) is 24.8 Å². The van der Waals surface area contributed by atoms with Crippen LogP contribution in [0.1, 0.15) is 24.3 Å². The zero-order valence-electron chi connectivity index (χ0n) is 12.1. The number of ether oxygens (including phenoxy) is 2. The van der Waals surface area contributed by atoms with Crippen LogP contribution in [-0.4, -0.2) is 43.5 Å². The van der Waals surface area contributed by atoms with Crippen LogP contribution < -0.4 is 9.47 Å². The maximum Gasteiger partial charge on any atom is 0.314 e. The minimum atomic E-state index is -0.486. The molecule has 1 heterocycles. The summed E-state index contributed by atoms with van der Waals surface area (Å²) in [5, 5.41) is 11.0. The molecule has 1 aromatic rings. The van der Waals surface area contributed by atoms with Crippen molar-refractivity contribution in [1.29, 1.82) is 0 Å². The van der Waals surface area contributed by atoms with Gasteiger partial charge in [0.25, 0.3) is 0 Å². The molecule has 1 aliphatic heterocycles. The average Bonchev–Trinajstić information content (AvgIpc) is 2.53. The molecule has 1 aliphatic rings. The van der Waals surface area contributed by atoms with E-state index in [-0.39, 0.29) is 17.4 Å². The molecule has 114 valence electrons. The Hall–Kier alpha value is -2.31. The summed E-state index contributed by atoms with van der Waals surface area (Å²) in [5.74, 6) is 0.764. The van der Waals surface area contributed by atoms with Crippen molar-refractivity contribution in [2.45, 2.75) is 18.8 Å². The van der Waals surface area contributed by atoms with Gasteiger partial charge in [0.2, 0.25) is 12.2 Å². The topological polar surface area (TPSA) is 81.9 Å². The fourth-order valence-electron chi connectivity index (χ4n) is 2.76. The Bertz CT molecular complexity index is 538. The molecule has 1 saturated heterocycles. The third-order valence-corrected chi connectivity index (χ3v) is 3.85. The number of benzene rings is 1. The number of nitro groups is 1. The van der Waals surface area contributed by atoms with Crippen LogP contribution in [-0.2, 0) is 4.79 Å². The largest absolute Gasteiger partial charge is 0.492 e. The quantitative estimate of drug-likeness (QED) is 0.471. The van der Waals surface area contributed by atoms with Crippen molar-refractivity contribution in [2.75, 3.05) is 27.3 Å². The third kappa shape index (κ3) is 2.91. The SMILES string of the molecule is COc1c(C2CCN(C=O)CC2)ccc([N+](=O)[O-])c1OC. The Morgan fingerprint density at radius 3 is 2.33 bits per heavy atom. The lowest BCUT2D eigenvalue weighted by molar-refractivity contribution is -0.385. The van der Waals surface area contributed by atoms with Crippen LogP contribution in [0.4, 0.5) is 5.69 Å². The Morgan fingerprint density at radius 2 is 1.86 bits per heavy atom. The molecule has 0 N–H and O–H groups in total. The van der Waals surface area contributed by atoms with Gasteiger partial charge in [-0.1, -0.05) is 0 Å². The number of rotatable bonds is 5. The summed E-state index contributed by atoms with van der Waals surface area (Å²) < 4.78 is 10.5. The highest BCUT2D eigenvalue weighted by molar-refractivity contribution is 5.60. The number of piperidine rings is 1. The first-order valence-electron chi connectivity index (χ1n) is 6.71. The molecule has 1 aromatic carbocycles. The summed E-state index contributed by atoms with van der Waals surface area (Å²) in [4.78, 5) is 23.0. The molecule has 0 spiro atoms. The number of nitrogens with zero attached hydrogens (tertiary/aromatic N) is 2. The number of methoxy groups -OCH3 is 2. The molecule has 0 aromatic heterocycles. The van der Waals surface area contributed by atoms with Crippen molar-refractivity contribution in [3.05, 3.63) is 27.8 Å². The molecule has 0 unspecified atom stereocenters. The third-order valence-electron chi connectivity index (χ3n) is 3.85. The van der Waals surface area contributed by atoms with Gasteiger partial charge in [0.1, 0.15) is 0 Å². The lowest BCUT2D eigenvalue weighted by atomic mass is 9.88. The molecule has 21 heavy (non-hydrogen) atoms. The zero-order chi connectivity index (χ0) is 15.4. The van der Waals surface area contributed by atoms with Crippen LogP contribution in [0, 0.1) is 10.1 Å². The summed E-state index contributed by atoms with van der Waals surface area (Å²) in [6, 6.07) is 3.17. The molecule has 7 heteroatoms. The van der Waals surface area contributed by atoms with Crippen molar-refractivity contribution in [3.8, 4) is 11.5 Å². The number of hydrogen-bond donors (Lipinski definition) is 0. The summed E-state index contributed by atoms with van der Waals surface area (Å²) in [6.07, 6.45) is 2.45. The molecule has 7 nitrogen and oxygen atoms in total. The van der Waals surface area contributed by atoms with E-state index in [2.05, 4.69) is 0 Å². The van der Waals surface area contributed by atoms with Gasteiger partial charge in [-0.05, 0) is 24.8 Å². The predicted octanol–water partition coefficient (Wildman–Crippen LogP) is 1.95. The number of nitro benzene ring substituents is 1. The monoisotopic (exact) mass is 294 g/mol. The number of likely N-dealkylation sites (tertiary alicyclic amines) is 1. The highest BCUT2D eigenvalue weighted by Gasteiger charge is 2.28. The molecule has 0 saturated carbocycles. The molecule has 0 atom stereocenters. The standard InChI is InChI=1S/C14H18N2O5/c1-20-13-11(10-5-7-15(9-17)8-6-10)3-4-12(16(18)19)14(13)21-2/h3-4,9-10H,5-8H2,1-2H3. The van der Waals surface area contributed by atoms with Crippen LogP contribution in [0.2, 0.25) is 0 Å². The summed E-state index contributed by atoms with van der Waals surface area (Å²) >= 11 is 0. The van der Waals surface area contributed by atoms with E-state index < -0.39 is 4.92 Å². The lowest BCUT2D eigenvalue weighted by Gasteiger charge is -2.30. The van der Waals surface area contributed by atoms with Crippen molar-refractivity contribution >= 4 is 12.1 Å². The van der Waals surface area contributed by atoms with Gasteiger partial charge in [-0.25, -0.2) is 0 Å². The van der Waals surface area contributed by atoms with E-state index in [1.54, 1.807) is 11.0 Å². The van der Waals surface area contributed by atoms with Crippen LogP contribution in [0.5, 0.6) is 11.5 Å². The van der Waals surface area contributed by atoms with Crippen molar-refractivity contribution < 1.29 is 19.2 Å². The molecular formula is C14H18N2O5. The maximum atomic E-state index is 11.0. The number of carbonyl (C=O) groups excluding carboxylic acids is 1. The zero-order valence-corrected chi connectivity index (χ0v) is 12.1. The Balaban J connectivity index is 2.36. The van der Waals surface area contributed by atoms with Gasteiger partial charge in [-0.15, -0.1) is 0 Å². The van der Waals surface area contributed by atoms with Gasteiger partial charge in [0.05, 0.1) is 19.1 Å². The van der Waals surface area contributed by atoms with Gasteiger partial charge in [0, 0.05) is 24.7 Å². The van der Waals surface area contributed by atoms with Gasteiger partial charge >= 0.3 is 5.69 Å². The van der Waals surface area contributed by atoms with E-state index in [0.29, 0.717) is 18.8 Å². The molecule has 0 aliphatic carbocycles. The summed E-state index contributed by atoms with van der Waals surface area (Å²) in [6.45, 7) is 1.35. The highest BCUT2D eigenvalue weighted by atomic mass is 16.6. The fourth-order valence-corrected chi connectivity index (χ4v) is 2.76. The van der Waals surface area contributed by atoms with Crippen LogP contribution in [0.15, 0.2) is 12.1 Å². The average molecular weight is 294 g/mol. The van der Waals surface area contributed by atoms with Gasteiger partial charge in [0.15, 0.2) is 5.75 Å². The molecule has 0 bridgehead atoms. The van der Waals surface area contributed by atoms with Crippen LogP contribution in [0.25, 0.3) is 0 Å². The molecular weight excluding hydrogens is 276 g/mol. The molecule has 1 amide bonds. The van der Waals surface area contributed by atoms with Gasteiger partial charge in [-0.2, -0.15) is 0 Å². The van der Waals surface area contributed by atoms with Gasteiger partial charge in [-0.3, -0.25) is 14.9 Å². The minimum absolute atomic E-state index is 0.108. The van der Waals surface area contributed by atoms with E-state index in [9.17, 15) is 14.9 Å². The normalized spacial score (nSPS) is 15.6. The van der Waals surface area contributed by atoms with E-state index in [1.807, 2.05) is 0 Å². The second-order valence-corrected chi connectivity index (χ2v) is 4.91. The maximum absolute atomic E-state index is 11.0. The number of carbonyl (C=O) groups is 1. The van der Waals surface area contributed by atoms with Crippen LogP contribution >= 0.6 is 0 Å². The smallest absolute Gasteiger partial charge is 0.314 e. The number of amides is 1. The molecule has 0 radical (unpaired) electrons. The van der Waals surface area contributed by atoms with Crippen molar-refractivity contribution in [3.63, 3.8) is 0 Å². The van der Waals surface area contributed by atoms with Crippen molar-refractivity contribution in [2.24, 2.45) is 0 Å². The summed E-state index contributed by atoms with van der Waals surface area (Å²) in [7, 11) is 2.87. The minimum Gasteiger partial charge on any atom is -0.492 e. The Kier molecular flexibility index (Phi) is 4.62. The predicted molar refractivity (Wildman–Crippen MR) is 75.8 cm³/mol. The molecule has 2 rings (SSSR count). The van der Waals surface area contributed by atoms with Crippen LogP contribution in [0.3, 0.4) is 0 Å². The number of hydrogen-bond acceptors (Lipinski definition) is 5. The molecule has 1 fully saturated rings. The van der Waals surface area contributed by atoms with E-state index in [1.165, 1.54) is 20.3 Å². The lowest BCUT2D eigenvalue weighted by Crippen LogP contribution is -2.31. The first-order chi connectivity index (χ1) is 10.1. The first kappa shape index (κ1) is 15.1. The van der Waals surface area contributed by atoms with E-state index >= 15 is 0 Å². The highest BCUT2D eigenvalue weighted by Crippen LogP contribution is 2.44. The Morgan fingerprint density at radius 1 is 1.24 bits per heavy atom. The first-order valence-corrected chi connectivity index (χ1v) is 6.71. The second kappa shape index (κ2) is 6.43. The summed E-state index contributed by atoms with van der Waals surface area (Å²) in [5.41, 5.74) is 0.786. The second-order valence-electron chi connectivity index (χ2n) is 4.91.